The van der Waals surface area contributed by atoms with Gasteiger partial charge in [-0.15, -0.1) is 0 Å². The van der Waals surface area contributed by atoms with Crippen molar-refractivity contribution >= 4 is 23.8 Å². The van der Waals surface area contributed by atoms with Crippen LogP contribution in [0, 0.1) is 0 Å². The van der Waals surface area contributed by atoms with Gasteiger partial charge < -0.3 is 35.1 Å². The molecule has 0 heterocycles. The highest BCUT2D eigenvalue weighted by Gasteiger charge is 2.25. The van der Waals surface area contributed by atoms with Crippen LogP contribution in [0.3, 0.4) is 0 Å². The van der Waals surface area contributed by atoms with E-state index in [-0.39, 0.29) is 38.2 Å². The highest BCUT2D eigenvalue weighted by molar-refractivity contribution is 5.87. The Morgan fingerprint density at radius 1 is 0.566 bits per heavy atom. The number of carbonyl (C=O) groups excluding carboxylic acids is 4. The van der Waals surface area contributed by atoms with Crippen molar-refractivity contribution < 1.29 is 43.2 Å². The number of hydrogen-bond donors (Lipinski definition) is 3. The molecule has 0 aliphatic rings. The van der Waals surface area contributed by atoms with Crippen LogP contribution < -0.4 is 11.1 Å². The number of nitrogens with two attached hydrogens (primary N) is 1. The van der Waals surface area contributed by atoms with E-state index in [9.17, 15) is 24.3 Å². The maximum Gasteiger partial charge on any atom is 0.330 e. The Labute approximate surface area is 322 Å². The summed E-state index contributed by atoms with van der Waals surface area (Å²) in [7, 11) is 1.15. The van der Waals surface area contributed by atoms with Crippen LogP contribution in [-0.2, 0) is 38.1 Å². The molecule has 0 aliphatic carbocycles. The molecule has 0 aromatic carbocycles. The van der Waals surface area contributed by atoms with Crippen LogP contribution >= 0.6 is 0 Å². The van der Waals surface area contributed by atoms with E-state index in [1.807, 2.05) is 0 Å². The monoisotopic (exact) mass is 757 g/mol. The SMILES string of the molecule is CCCCCCCCCCCCCCCC(=O)OC[C@H](COCC(N)C(=O)N[C@@H](CO)C(=O)OC)OC(=O)CCCCCCCCCCCCCCC. The Bertz CT molecular complexity index is 889. The van der Waals surface area contributed by atoms with E-state index in [0.717, 1.165) is 45.6 Å². The van der Waals surface area contributed by atoms with Crippen molar-refractivity contribution in [2.75, 3.05) is 33.5 Å². The molecule has 0 radical (unpaired) electrons. The molecule has 0 aliphatic heterocycles. The van der Waals surface area contributed by atoms with Crippen LogP contribution in [0.2, 0.25) is 0 Å². The first-order valence-corrected chi connectivity index (χ1v) is 21.5. The molecule has 0 saturated heterocycles. The molecule has 0 saturated carbocycles. The molecule has 53 heavy (non-hydrogen) atoms. The molecule has 1 unspecified atom stereocenters. The Hall–Kier alpha value is -2.24. The zero-order valence-corrected chi connectivity index (χ0v) is 34.2. The summed E-state index contributed by atoms with van der Waals surface area (Å²) in [6, 6.07) is -2.40. The zero-order valence-electron chi connectivity index (χ0n) is 34.2. The highest BCUT2D eigenvalue weighted by Crippen LogP contribution is 2.15. The number of amides is 1. The van der Waals surface area contributed by atoms with Gasteiger partial charge in [-0.25, -0.2) is 4.79 Å². The molecule has 0 fully saturated rings. The van der Waals surface area contributed by atoms with Crippen LogP contribution in [0.4, 0.5) is 0 Å². The van der Waals surface area contributed by atoms with Crippen LogP contribution in [0.1, 0.15) is 194 Å². The number of aliphatic hydroxyl groups excluding tert-OH is 1. The van der Waals surface area contributed by atoms with Gasteiger partial charge in [0.15, 0.2) is 12.1 Å². The van der Waals surface area contributed by atoms with Gasteiger partial charge in [-0.1, -0.05) is 168 Å². The van der Waals surface area contributed by atoms with Gasteiger partial charge in [0.05, 0.1) is 26.9 Å². The number of rotatable bonds is 39. The summed E-state index contributed by atoms with van der Waals surface area (Å²) >= 11 is 0. The van der Waals surface area contributed by atoms with Crippen molar-refractivity contribution in [2.24, 2.45) is 5.73 Å². The second-order valence-electron chi connectivity index (χ2n) is 14.7. The highest BCUT2D eigenvalue weighted by atomic mass is 16.6. The van der Waals surface area contributed by atoms with E-state index < -0.39 is 36.7 Å². The van der Waals surface area contributed by atoms with Crippen LogP contribution in [0.25, 0.3) is 0 Å². The van der Waals surface area contributed by atoms with Gasteiger partial charge >= 0.3 is 17.9 Å². The third-order valence-corrected chi connectivity index (χ3v) is 9.62. The standard InChI is InChI=1S/C42H80N2O9/c1-4-6-8-10-12-14-16-18-20-22-24-26-28-30-39(46)52-34-36(33-51-35-37(43)41(48)44-38(32-45)42(49)50-3)53-40(47)31-29-27-25-23-21-19-17-15-13-11-9-7-5-2/h36-38,45H,4-35,43H2,1-3H3,(H,44,48)/t36-,37?,38-/m0/s1. The predicted octanol–water partition coefficient (Wildman–Crippen LogP) is 8.40. The molecule has 0 aromatic heterocycles. The molecule has 1 amide bonds. The second kappa shape index (κ2) is 38.1. The lowest BCUT2D eigenvalue weighted by molar-refractivity contribution is -0.163. The van der Waals surface area contributed by atoms with E-state index >= 15 is 0 Å². The molecule has 0 aromatic rings. The largest absolute Gasteiger partial charge is 0.467 e. The van der Waals surface area contributed by atoms with Crippen LogP contribution in [0.15, 0.2) is 0 Å². The van der Waals surface area contributed by atoms with E-state index in [1.54, 1.807) is 0 Å². The smallest absolute Gasteiger partial charge is 0.330 e. The first-order chi connectivity index (χ1) is 25.8. The number of unbranched alkanes of at least 4 members (excludes halogenated alkanes) is 24. The van der Waals surface area contributed by atoms with Crippen LogP contribution in [0.5, 0.6) is 0 Å². The predicted molar refractivity (Wildman–Crippen MR) is 211 cm³/mol. The number of esters is 3. The van der Waals surface area contributed by atoms with Gasteiger partial charge in [0.25, 0.3) is 0 Å². The number of hydrogen-bond acceptors (Lipinski definition) is 10. The summed E-state index contributed by atoms with van der Waals surface area (Å²) < 4.78 is 21.2. The molecular formula is C42H80N2O9. The lowest BCUT2D eigenvalue weighted by Crippen LogP contribution is -2.52. The van der Waals surface area contributed by atoms with E-state index in [1.165, 1.54) is 128 Å². The Morgan fingerprint density at radius 2 is 0.962 bits per heavy atom. The molecule has 11 nitrogen and oxygen atoms in total. The van der Waals surface area contributed by atoms with Gasteiger partial charge in [-0.3, -0.25) is 14.4 Å². The van der Waals surface area contributed by atoms with E-state index in [4.69, 9.17) is 19.9 Å². The number of carbonyl (C=O) groups is 4. The van der Waals surface area contributed by atoms with Gasteiger partial charge in [-0.05, 0) is 12.8 Å². The van der Waals surface area contributed by atoms with Crippen molar-refractivity contribution in [1.82, 2.24) is 5.32 Å². The summed E-state index contributed by atoms with van der Waals surface area (Å²) in [6.07, 6.45) is 31.3. The fourth-order valence-corrected chi connectivity index (χ4v) is 6.20. The number of methoxy groups -OCH3 is 1. The normalized spacial score (nSPS) is 12.9. The lowest BCUT2D eigenvalue weighted by atomic mass is 10.0. The first-order valence-electron chi connectivity index (χ1n) is 21.5. The van der Waals surface area contributed by atoms with Gasteiger partial charge in [0.2, 0.25) is 5.91 Å². The maximum atomic E-state index is 12.7. The summed E-state index contributed by atoms with van der Waals surface area (Å²) in [5, 5.41) is 11.7. The number of nitrogens with one attached hydrogen (secondary N) is 1. The lowest BCUT2D eigenvalue weighted by Gasteiger charge is -2.20. The summed E-state index contributed by atoms with van der Waals surface area (Å²) in [6.45, 7) is 3.32. The minimum atomic E-state index is -1.24. The van der Waals surface area contributed by atoms with Crippen molar-refractivity contribution in [3.8, 4) is 0 Å². The zero-order chi connectivity index (χ0) is 39.2. The average molecular weight is 757 g/mol. The minimum absolute atomic E-state index is 0.127. The number of aliphatic hydroxyl groups is 1. The molecule has 0 rings (SSSR count). The molecule has 4 N–H and O–H groups in total. The quantitative estimate of drug-likeness (QED) is 0.0315. The summed E-state index contributed by atoms with van der Waals surface area (Å²) in [5.41, 5.74) is 5.91. The first kappa shape index (κ1) is 50.8. The minimum Gasteiger partial charge on any atom is -0.467 e. The average Bonchev–Trinajstić information content (AvgIpc) is 3.15. The van der Waals surface area contributed by atoms with Crippen molar-refractivity contribution in [3.63, 3.8) is 0 Å². The Balaban J connectivity index is 4.49. The fourth-order valence-electron chi connectivity index (χ4n) is 6.20. The van der Waals surface area contributed by atoms with Crippen molar-refractivity contribution in [3.05, 3.63) is 0 Å². The van der Waals surface area contributed by atoms with Crippen molar-refractivity contribution in [2.45, 2.75) is 212 Å². The van der Waals surface area contributed by atoms with Gasteiger partial charge in [-0.2, -0.15) is 0 Å². The van der Waals surface area contributed by atoms with Gasteiger partial charge in [0, 0.05) is 12.8 Å². The van der Waals surface area contributed by atoms with Gasteiger partial charge in [0.1, 0.15) is 12.6 Å². The molecule has 0 bridgehead atoms. The van der Waals surface area contributed by atoms with E-state index in [0.29, 0.717) is 6.42 Å². The number of ether oxygens (including phenoxy) is 4. The fraction of sp³-hybridized carbons (Fsp3) is 0.905. The Kier molecular flexibility index (Phi) is 36.4. The van der Waals surface area contributed by atoms with Crippen LogP contribution in [-0.4, -0.2) is 80.6 Å². The third-order valence-electron chi connectivity index (χ3n) is 9.62. The Morgan fingerprint density at radius 3 is 1.36 bits per heavy atom. The van der Waals surface area contributed by atoms with E-state index in [2.05, 4.69) is 23.9 Å². The van der Waals surface area contributed by atoms with Crippen molar-refractivity contribution in [1.29, 1.82) is 0 Å². The molecule has 0 spiro atoms. The third kappa shape index (κ3) is 32.9. The molecule has 312 valence electrons. The molecule has 11 heteroatoms. The second-order valence-corrected chi connectivity index (χ2v) is 14.7. The topological polar surface area (TPSA) is 163 Å². The summed E-state index contributed by atoms with van der Waals surface area (Å²) in [4.78, 5) is 49.2. The summed E-state index contributed by atoms with van der Waals surface area (Å²) in [5.74, 6) is -2.25. The molecule has 3 atom stereocenters. The molecular weight excluding hydrogens is 676 g/mol. The maximum absolute atomic E-state index is 12.7.